The van der Waals surface area contributed by atoms with Crippen molar-refractivity contribution in [3.63, 3.8) is 0 Å². The van der Waals surface area contributed by atoms with Crippen molar-refractivity contribution in [2.24, 2.45) is 0 Å². The number of amides is 1. The first-order valence-corrected chi connectivity index (χ1v) is 6.06. The topological polar surface area (TPSA) is 50.4 Å². The van der Waals surface area contributed by atoms with E-state index in [1.165, 1.54) is 5.57 Å². The molecular formula is C12H23ClN2O2. The van der Waals surface area contributed by atoms with E-state index < -0.39 is 0 Å². The average molecular weight is 263 g/mol. The largest absolute Gasteiger partial charge is 0.372 e. The maximum absolute atomic E-state index is 11.4. The van der Waals surface area contributed by atoms with Gasteiger partial charge in [-0.1, -0.05) is 25.0 Å². The Morgan fingerprint density at radius 1 is 1.59 bits per heavy atom. The van der Waals surface area contributed by atoms with Gasteiger partial charge in [0, 0.05) is 19.7 Å². The Labute approximate surface area is 110 Å². The van der Waals surface area contributed by atoms with Gasteiger partial charge >= 0.3 is 0 Å². The second-order valence-corrected chi connectivity index (χ2v) is 4.00. The molecule has 1 heterocycles. The summed E-state index contributed by atoms with van der Waals surface area (Å²) in [5.41, 5.74) is 1.31. The molecular weight excluding hydrogens is 240 g/mol. The molecule has 0 atom stereocenters. The van der Waals surface area contributed by atoms with Gasteiger partial charge in [0.1, 0.15) is 6.61 Å². The quantitative estimate of drug-likeness (QED) is 0.537. The molecule has 1 amide bonds. The van der Waals surface area contributed by atoms with Crippen molar-refractivity contribution in [2.45, 2.75) is 26.2 Å². The van der Waals surface area contributed by atoms with Crippen molar-refractivity contribution in [3.05, 3.63) is 11.6 Å². The standard InChI is InChI=1S/C12H22N2O2.ClH/c1-2-3-8-16-10-12(15)14-9-11-4-6-13-7-5-11;/h4,13H,2-3,5-10H2,1H3,(H,14,15);1H. The molecule has 4 nitrogen and oxygen atoms in total. The van der Waals surface area contributed by atoms with Gasteiger partial charge in [-0.2, -0.15) is 0 Å². The smallest absolute Gasteiger partial charge is 0.246 e. The maximum atomic E-state index is 11.4. The second-order valence-electron chi connectivity index (χ2n) is 4.00. The molecule has 1 aliphatic heterocycles. The zero-order chi connectivity index (χ0) is 11.6. The summed E-state index contributed by atoms with van der Waals surface area (Å²) in [5.74, 6) is -0.0180. The first-order chi connectivity index (χ1) is 7.83. The number of ether oxygens (including phenoxy) is 1. The van der Waals surface area contributed by atoms with Gasteiger partial charge in [-0.15, -0.1) is 12.4 Å². The summed E-state index contributed by atoms with van der Waals surface area (Å²) in [6.45, 7) is 5.56. The second kappa shape index (κ2) is 10.6. The summed E-state index contributed by atoms with van der Waals surface area (Å²) in [6.07, 6.45) is 5.28. The molecule has 0 aromatic heterocycles. The van der Waals surface area contributed by atoms with Crippen LogP contribution in [0.3, 0.4) is 0 Å². The maximum Gasteiger partial charge on any atom is 0.246 e. The number of nitrogens with one attached hydrogen (secondary N) is 2. The van der Waals surface area contributed by atoms with Crippen molar-refractivity contribution >= 4 is 18.3 Å². The molecule has 0 aromatic rings. The number of carbonyl (C=O) groups excluding carboxylic acids is 1. The highest BCUT2D eigenvalue weighted by Crippen LogP contribution is 2.01. The van der Waals surface area contributed by atoms with E-state index >= 15 is 0 Å². The minimum absolute atomic E-state index is 0. The summed E-state index contributed by atoms with van der Waals surface area (Å²) in [6, 6.07) is 0. The zero-order valence-corrected chi connectivity index (χ0v) is 11.3. The Kier molecular flexibility index (Phi) is 10.2. The van der Waals surface area contributed by atoms with Crippen molar-refractivity contribution < 1.29 is 9.53 Å². The van der Waals surface area contributed by atoms with Gasteiger partial charge in [-0.25, -0.2) is 0 Å². The molecule has 0 bridgehead atoms. The third-order valence-electron chi connectivity index (χ3n) is 2.55. The summed E-state index contributed by atoms with van der Waals surface area (Å²) < 4.78 is 5.23. The highest BCUT2D eigenvalue weighted by Gasteiger charge is 2.05. The normalized spacial score (nSPS) is 14.8. The fraction of sp³-hybridized carbons (Fsp3) is 0.750. The van der Waals surface area contributed by atoms with Gasteiger partial charge in [-0.3, -0.25) is 4.79 Å². The average Bonchev–Trinajstić information content (AvgIpc) is 2.33. The lowest BCUT2D eigenvalue weighted by molar-refractivity contribution is -0.125. The SMILES string of the molecule is CCCCOCC(=O)NCC1=CCNCC1.Cl. The van der Waals surface area contributed by atoms with Crippen LogP contribution in [0, 0.1) is 0 Å². The third-order valence-corrected chi connectivity index (χ3v) is 2.55. The van der Waals surface area contributed by atoms with Gasteiger partial charge in [-0.05, 0) is 19.4 Å². The summed E-state index contributed by atoms with van der Waals surface area (Å²) >= 11 is 0. The third kappa shape index (κ3) is 8.18. The molecule has 17 heavy (non-hydrogen) atoms. The number of unbranched alkanes of at least 4 members (excludes halogenated alkanes) is 1. The van der Waals surface area contributed by atoms with Gasteiger partial charge in [0.2, 0.25) is 5.91 Å². The predicted molar refractivity (Wildman–Crippen MR) is 71.6 cm³/mol. The molecule has 0 saturated heterocycles. The van der Waals surface area contributed by atoms with Gasteiger partial charge < -0.3 is 15.4 Å². The number of hydrogen-bond donors (Lipinski definition) is 2. The van der Waals surface area contributed by atoms with Crippen LogP contribution in [0.2, 0.25) is 0 Å². The van der Waals surface area contributed by atoms with E-state index in [1.54, 1.807) is 0 Å². The van der Waals surface area contributed by atoms with Crippen LogP contribution in [0.15, 0.2) is 11.6 Å². The van der Waals surface area contributed by atoms with Crippen LogP contribution >= 0.6 is 12.4 Å². The Balaban J connectivity index is 0.00000256. The fourth-order valence-corrected chi connectivity index (χ4v) is 1.50. The van der Waals surface area contributed by atoms with Crippen LogP contribution in [0.25, 0.3) is 0 Å². The van der Waals surface area contributed by atoms with Crippen LogP contribution in [0.1, 0.15) is 26.2 Å². The Morgan fingerprint density at radius 2 is 2.41 bits per heavy atom. The number of hydrogen-bond acceptors (Lipinski definition) is 3. The molecule has 0 aromatic carbocycles. The summed E-state index contributed by atoms with van der Waals surface area (Å²) in [4.78, 5) is 11.4. The first kappa shape index (κ1) is 16.4. The number of carbonyl (C=O) groups is 1. The van der Waals surface area contributed by atoms with Crippen molar-refractivity contribution in [1.82, 2.24) is 10.6 Å². The Hall–Kier alpha value is -0.580. The number of rotatable bonds is 7. The van der Waals surface area contributed by atoms with Gasteiger partial charge in [0.05, 0.1) is 0 Å². The molecule has 100 valence electrons. The Morgan fingerprint density at radius 3 is 3.06 bits per heavy atom. The highest BCUT2D eigenvalue weighted by molar-refractivity contribution is 5.85. The molecule has 0 spiro atoms. The van der Waals surface area contributed by atoms with Crippen LogP contribution in [0.4, 0.5) is 0 Å². The van der Waals surface area contributed by atoms with Crippen molar-refractivity contribution in [3.8, 4) is 0 Å². The number of halogens is 1. The first-order valence-electron chi connectivity index (χ1n) is 6.06. The molecule has 2 N–H and O–H groups in total. The monoisotopic (exact) mass is 262 g/mol. The lowest BCUT2D eigenvalue weighted by Crippen LogP contribution is -2.32. The van der Waals surface area contributed by atoms with Gasteiger partial charge in [0.25, 0.3) is 0 Å². The van der Waals surface area contributed by atoms with E-state index in [2.05, 4.69) is 23.6 Å². The van der Waals surface area contributed by atoms with Crippen LogP contribution in [-0.4, -0.2) is 38.8 Å². The van der Waals surface area contributed by atoms with E-state index in [-0.39, 0.29) is 24.9 Å². The molecule has 1 aliphatic rings. The molecule has 0 radical (unpaired) electrons. The van der Waals surface area contributed by atoms with Crippen LogP contribution in [-0.2, 0) is 9.53 Å². The summed E-state index contributed by atoms with van der Waals surface area (Å²) in [7, 11) is 0. The molecule has 0 saturated carbocycles. The molecule has 0 unspecified atom stereocenters. The lowest BCUT2D eigenvalue weighted by Gasteiger charge is -2.14. The highest BCUT2D eigenvalue weighted by atomic mass is 35.5. The van der Waals surface area contributed by atoms with Crippen LogP contribution < -0.4 is 10.6 Å². The van der Waals surface area contributed by atoms with E-state index in [1.807, 2.05) is 0 Å². The minimum Gasteiger partial charge on any atom is -0.372 e. The Bertz CT molecular complexity index is 245. The van der Waals surface area contributed by atoms with E-state index in [4.69, 9.17) is 4.74 Å². The lowest BCUT2D eigenvalue weighted by atomic mass is 10.1. The molecule has 0 aliphatic carbocycles. The minimum atomic E-state index is -0.0180. The van der Waals surface area contributed by atoms with E-state index in [0.717, 1.165) is 32.4 Å². The van der Waals surface area contributed by atoms with Crippen LogP contribution in [0.5, 0.6) is 0 Å². The van der Waals surface area contributed by atoms with Crippen molar-refractivity contribution in [2.75, 3.05) is 32.8 Å². The zero-order valence-electron chi connectivity index (χ0n) is 10.5. The predicted octanol–water partition coefficient (Wildman–Crippen LogP) is 1.26. The van der Waals surface area contributed by atoms with E-state index in [0.29, 0.717) is 13.2 Å². The molecule has 5 heteroatoms. The van der Waals surface area contributed by atoms with Gasteiger partial charge in [0.15, 0.2) is 0 Å². The molecule has 1 rings (SSSR count). The molecule has 0 fully saturated rings. The summed E-state index contributed by atoms with van der Waals surface area (Å²) in [5, 5.41) is 6.11. The fourth-order valence-electron chi connectivity index (χ4n) is 1.50. The van der Waals surface area contributed by atoms with E-state index in [9.17, 15) is 4.79 Å². The van der Waals surface area contributed by atoms with Crippen molar-refractivity contribution in [1.29, 1.82) is 0 Å².